The molecule has 1 heterocycles. The average molecular weight is 281 g/mol. The van der Waals surface area contributed by atoms with Gasteiger partial charge in [-0.1, -0.05) is 33.1 Å². The fourth-order valence-electron chi connectivity index (χ4n) is 3.05. The van der Waals surface area contributed by atoms with E-state index < -0.39 is 5.97 Å². The van der Waals surface area contributed by atoms with E-state index in [0.29, 0.717) is 11.3 Å². The largest absolute Gasteiger partial charge is 0.476 e. The van der Waals surface area contributed by atoms with Gasteiger partial charge in [-0.3, -0.25) is 0 Å². The molecule has 106 valence electrons. The molecule has 1 fully saturated rings. The number of hydrogen-bond donors (Lipinski definition) is 1. The maximum Gasteiger partial charge on any atom is 0.355 e. The standard InChI is InChI=1S/C15H23NO2S/c1-11(13-16-12(10-19-13)14(17)18)6-5-9-15(2)7-3-4-8-15/h10-11H,3-9H2,1-2H3,(H,17,18). The summed E-state index contributed by atoms with van der Waals surface area (Å²) in [6, 6.07) is 0. The van der Waals surface area contributed by atoms with Gasteiger partial charge in [0.15, 0.2) is 5.69 Å². The second-order valence-corrected chi connectivity index (χ2v) is 7.08. The first-order valence-electron chi connectivity index (χ1n) is 7.19. The van der Waals surface area contributed by atoms with Crippen LogP contribution in [0.3, 0.4) is 0 Å². The van der Waals surface area contributed by atoms with E-state index in [4.69, 9.17) is 5.11 Å². The van der Waals surface area contributed by atoms with E-state index in [0.717, 1.165) is 11.4 Å². The SMILES string of the molecule is CC(CCCC1(C)CCCC1)c1nc(C(=O)O)cs1. The molecule has 1 aromatic rings. The van der Waals surface area contributed by atoms with Gasteiger partial charge in [-0.05, 0) is 31.1 Å². The third kappa shape index (κ3) is 3.78. The van der Waals surface area contributed by atoms with Crippen LogP contribution < -0.4 is 0 Å². The topological polar surface area (TPSA) is 50.2 Å². The molecule has 3 nitrogen and oxygen atoms in total. The molecule has 0 bridgehead atoms. The van der Waals surface area contributed by atoms with E-state index in [1.807, 2.05) is 0 Å². The Morgan fingerprint density at radius 2 is 2.21 bits per heavy atom. The van der Waals surface area contributed by atoms with E-state index in [-0.39, 0.29) is 5.69 Å². The number of aromatic nitrogens is 1. The van der Waals surface area contributed by atoms with E-state index >= 15 is 0 Å². The van der Waals surface area contributed by atoms with Gasteiger partial charge in [0, 0.05) is 11.3 Å². The molecule has 0 aliphatic heterocycles. The monoisotopic (exact) mass is 281 g/mol. The Hall–Kier alpha value is -0.900. The second kappa shape index (κ2) is 6.04. The molecule has 1 unspecified atom stereocenters. The summed E-state index contributed by atoms with van der Waals surface area (Å²) in [6.07, 6.45) is 9.17. The number of aromatic carboxylic acids is 1. The Balaban J connectivity index is 1.80. The maximum absolute atomic E-state index is 10.8. The molecule has 0 amide bonds. The van der Waals surface area contributed by atoms with Crippen LogP contribution in [0, 0.1) is 5.41 Å². The zero-order valence-electron chi connectivity index (χ0n) is 11.8. The lowest BCUT2D eigenvalue weighted by molar-refractivity contribution is 0.0691. The molecule has 2 rings (SSSR count). The van der Waals surface area contributed by atoms with Crippen LogP contribution in [-0.2, 0) is 0 Å². The zero-order valence-corrected chi connectivity index (χ0v) is 12.6. The Kier molecular flexibility index (Phi) is 4.61. The van der Waals surface area contributed by atoms with Crippen LogP contribution in [0.1, 0.15) is 80.2 Å². The number of nitrogens with zero attached hydrogens (tertiary/aromatic N) is 1. The highest BCUT2D eigenvalue weighted by Gasteiger charge is 2.28. The molecule has 1 aliphatic carbocycles. The summed E-state index contributed by atoms with van der Waals surface area (Å²) in [7, 11) is 0. The van der Waals surface area contributed by atoms with E-state index in [1.54, 1.807) is 5.38 Å². The Bertz CT molecular complexity index is 435. The van der Waals surface area contributed by atoms with Crippen molar-refractivity contribution >= 4 is 17.3 Å². The number of thiazole rings is 1. The van der Waals surface area contributed by atoms with Crippen LogP contribution in [0.25, 0.3) is 0 Å². The van der Waals surface area contributed by atoms with Gasteiger partial charge in [-0.15, -0.1) is 11.3 Å². The lowest BCUT2D eigenvalue weighted by Crippen LogP contribution is -2.10. The molecule has 4 heteroatoms. The van der Waals surface area contributed by atoms with Gasteiger partial charge in [0.05, 0.1) is 5.01 Å². The number of carboxylic acid groups (broad SMARTS) is 1. The Morgan fingerprint density at radius 1 is 1.53 bits per heavy atom. The first kappa shape index (κ1) is 14.5. The smallest absolute Gasteiger partial charge is 0.355 e. The summed E-state index contributed by atoms with van der Waals surface area (Å²) < 4.78 is 0. The maximum atomic E-state index is 10.8. The van der Waals surface area contributed by atoms with Crippen LogP contribution >= 0.6 is 11.3 Å². The minimum atomic E-state index is -0.923. The average Bonchev–Trinajstić information content (AvgIpc) is 2.98. The summed E-state index contributed by atoms with van der Waals surface area (Å²) in [5.41, 5.74) is 0.754. The van der Waals surface area contributed by atoms with Gasteiger partial charge in [0.2, 0.25) is 0 Å². The molecular formula is C15H23NO2S. The van der Waals surface area contributed by atoms with Gasteiger partial charge < -0.3 is 5.11 Å². The summed E-state index contributed by atoms with van der Waals surface area (Å²) in [5.74, 6) is -0.545. The molecule has 19 heavy (non-hydrogen) atoms. The predicted molar refractivity (Wildman–Crippen MR) is 77.9 cm³/mol. The number of rotatable bonds is 6. The van der Waals surface area contributed by atoms with Crippen molar-refractivity contribution in [3.8, 4) is 0 Å². The first-order valence-corrected chi connectivity index (χ1v) is 8.07. The van der Waals surface area contributed by atoms with Crippen molar-refractivity contribution in [2.24, 2.45) is 5.41 Å². The lowest BCUT2D eigenvalue weighted by Gasteiger charge is -2.23. The fourth-order valence-corrected chi connectivity index (χ4v) is 3.94. The van der Waals surface area contributed by atoms with Crippen molar-refractivity contribution in [2.75, 3.05) is 0 Å². The lowest BCUT2D eigenvalue weighted by atomic mass is 9.82. The third-order valence-corrected chi connectivity index (χ3v) is 5.47. The van der Waals surface area contributed by atoms with Crippen LogP contribution in [0.4, 0.5) is 0 Å². The highest BCUT2D eigenvalue weighted by atomic mass is 32.1. The predicted octanol–water partition coefficient (Wildman–Crippen LogP) is 4.70. The highest BCUT2D eigenvalue weighted by molar-refractivity contribution is 7.09. The third-order valence-electron chi connectivity index (χ3n) is 4.39. The molecule has 1 N–H and O–H groups in total. The molecular weight excluding hydrogens is 258 g/mol. The minimum absolute atomic E-state index is 0.189. The molecule has 1 atom stereocenters. The van der Waals surface area contributed by atoms with Crippen molar-refractivity contribution < 1.29 is 9.90 Å². The van der Waals surface area contributed by atoms with Crippen molar-refractivity contribution in [3.63, 3.8) is 0 Å². The van der Waals surface area contributed by atoms with Gasteiger partial charge in [-0.25, -0.2) is 9.78 Å². The van der Waals surface area contributed by atoms with E-state index in [9.17, 15) is 4.79 Å². The molecule has 0 radical (unpaired) electrons. The van der Waals surface area contributed by atoms with Crippen molar-refractivity contribution in [3.05, 3.63) is 16.1 Å². The number of carbonyl (C=O) groups is 1. The molecule has 0 saturated heterocycles. The Morgan fingerprint density at radius 3 is 2.79 bits per heavy atom. The van der Waals surface area contributed by atoms with E-state index in [2.05, 4.69) is 18.8 Å². The summed E-state index contributed by atoms with van der Waals surface area (Å²) in [4.78, 5) is 15.0. The normalized spacial score (nSPS) is 19.5. The molecule has 0 spiro atoms. The number of carboxylic acids is 1. The van der Waals surface area contributed by atoms with Crippen LogP contribution in [-0.4, -0.2) is 16.1 Å². The van der Waals surface area contributed by atoms with Crippen molar-refractivity contribution in [1.29, 1.82) is 0 Å². The Labute approximate surface area is 119 Å². The molecule has 1 aromatic heterocycles. The summed E-state index contributed by atoms with van der Waals surface area (Å²) in [6.45, 7) is 4.57. The van der Waals surface area contributed by atoms with Gasteiger partial charge in [0.1, 0.15) is 0 Å². The fraction of sp³-hybridized carbons (Fsp3) is 0.733. The van der Waals surface area contributed by atoms with Gasteiger partial charge in [0.25, 0.3) is 0 Å². The van der Waals surface area contributed by atoms with Crippen molar-refractivity contribution in [1.82, 2.24) is 4.98 Å². The number of hydrogen-bond acceptors (Lipinski definition) is 3. The van der Waals surface area contributed by atoms with Crippen LogP contribution in [0.5, 0.6) is 0 Å². The minimum Gasteiger partial charge on any atom is -0.476 e. The quantitative estimate of drug-likeness (QED) is 0.822. The second-order valence-electron chi connectivity index (χ2n) is 6.19. The van der Waals surface area contributed by atoms with Gasteiger partial charge in [-0.2, -0.15) is 0 Å². The summed E-state index contributed by atoms with van der Waals surface area (Å²) in [5, 5.41) is 11.5. The summed E-state index contributed by atoms with van der Waals surface area (Å²) >= 11 is 1.48. The molecule has 0 aromatic carbocycles. The zero-order chi connectivity index (χ0) is 13.9. The van der Waals surface area contributed by atoms with Gasteiger partial charge >= 0.3 is 5.97 Å². The van der Waals surface area contributed by atoms with Crippen LogP contribution in [0.15, 0.2) is 5.38 Å². The molecule has 1 saturated carbocycles. The highest BCUT2D eigenvalue weighted by Crippen LogP contribution is 2.42. The van der Waals surface area contributed by atoms with E-state index in [1.165, 1.54) is 49.9 Å². The molecule has 1 aliphatic rings. The van der Waals surface area contributed by atoms with Crippen molar-refractivity contribution in [2.45, 2.75) is 64.7 Å². The van der Waals surface area contributed by atoms with Crippen LogP contribution in [0.2, 0.25) is 0 Å². The first-order chi connectivity index (χ1) is 9.00.